The monoisotopic (exact) mass is 317 g/mol. The molecule has 1 aromatic rings. The Hall–Kier alpha value is -2.09. The quantitative estimate of drug-likeness (QED) is 0.773. The number of anilines is 1. The largest absolute Gasteiger partial charge is 0.416 e. The summed E-state index contributed by atoms with van der Waals surface area (Å²) < 4.78 is 37.6. The fraction of sp³-hybridized carbons (Fsp3) is 0.429. The third kappa shape index (κ3) is 5.36. The van der Waals surface area contributed by atoms with Crippen molar-refractivity contribution >= 4 is 17.5 Å². The van der Waals surface area contributed by atoms with Crippen LogP contribution in [0.15, 0.2) is 24.3 Å². The molecule has 2 amide bonds. The van der Waals surface area contributed by atoms with Gasteiger partial charge in [0, 0.05) is 5.69 Å². The molecule has 0 saturated heterocycles. The zero-order valence-corrected chi connectivity index (χ0v) is 12.2. The lowest BCUT2D eigenvalue weighted by molar-refractivity contribution is -0.137. The highest BCUT2D eigenvalue weighted by molar-refractivity contribution is 5.95. The van der Waals surface area contributed by atoms with E-state index in [0.717, 1.165) is 12.1 Å². The minimum absolute atomic E-state index is 0.00207. The normalized spacial score (nSPS) is 12.9. The van der Waals surface area contributed by atoms with Crippen molar-refractivity contribution in [2.24, 2.45) is 11.7 Å². The molecule has 1 rings (SSSR count). The third-order valence-electron chi connectivity index (χ3n) is 2.92. The van der Waals surface area contributed by atoms with Gasteiger partial charge in [0.05, 0.1) is 18.2 Å². The SMILES string of the molecule is CC(C)[C@H](N)C(=O)NCC(=O)Nc1cccc(C(F)(F)F)c1. The molecule has 0 bridgehead atoms. The molecule has 0 aliphatic heterocycles. The zero-order chi connectivity index (χ0) is 16.9. The number of rotatable bonds is 5. The van der Waals surface area contributed by atoms with Gasteiger partial charge in [0.1, 0.15) is 0 Å². The Bertz CT molecular complexity index is 544. The van der Waals surface area contributed by atoms with Crippen molar-refractivity contribution in [2.45, 2.75) is 26.1 Å². The van der Waals surface area contributed by atoms with Crippen LogP contribution in [0, 0.1) is 5.92 Å². The van der Waals surface area contributed by atoms with E-state index >= 15 is 0 Å². The molecule has 4 N–H and O–H groups in total. The smallest absolute Gasteiger partial charge is 0.346 e. The summed E-state index contributed by atoms with van der Waals surface area (Å²) in [6, 6.07) is 3.49. The second-order valence-corrected chi connectivity index (χ2v) is 5.11. The Morgan fingerprint density at radius 3 is 2.45 bits per heavy atom. The molecule has 22 heavy (non-hydrogen) atoms. The number of benzene rings is 1. The van der Waals surface area contributed by atoms with Crippen molar-refractivity contribution in [2.75, 3.05) is 11.9 Å². The van der Waals surface area contributed by atoms with Crippen LogP contribution in [0.1, 0.15) is 19.4 Å². The summed E-state index contributed by atoms with van der Waals surface area (Å²) >= 11 is 0. The zero-order valence-electron chi connectivity index (χ0n) is 12.2. The lowest BCUT2D eigenvalue weighted by Crippen LogP contribution is -2.46. The summed E-state index contributed by atoms with van der Waals surface area (Å²) in [6.45, 7) is 3.15. The minimum Gasteiger partial charge on any atom is -0.346 e. The van der Waals surface area contributed by atoms with Gasteiger partial charge in [-0.1, -0.05) is 19.9 Å². The number of nitrogens with one attached hydrogen (secondary N) is 2. The van der Waals surface area contributed by atoms with E-state index in [1.54, 1.807) is 13.8 Å². The Labute approximate surface area is 126 Å². The third-order valence-corrected chi connectivity index (χ3v) is 2.92. The van der Waals surface area contributed by atoms with E-state index in [1.807, 2.05) is 0 Å². The molecule has 0 spiro atoms. The van der Waals surface area contributed by atoms with Crippen LogP contribution in [0.3, 0.4) is 0 Å². The van der Waals surface area contributed by atoms with Crippen LogP contribution in [0.2, 0.25) is 0 Å². The van der Waals surface area contributed by atoms with Crippen molar-refractivity contribution in [3.63, 3.8) is 0 Å². The van der Waals surface area contributed by atoms with Crippen LogP contribution in [0.5, 0.6) is 0 Å². The van der Waals surface area contributed by atoms with E-state index in [-0.39, 0.29) is 18.2 Å². The van der Waals surface area contributed by atoms with E-state index < -0.39 is 29.6 Å². The Balaban J connectivity index is 2.58. The fourth-order valence-corrected chi connectivity index (χ4v) is 1.57. The molecule has 0 saturated carbocycles. The molecular formula is C14H18F3N3O2. The highest BCUT2D eigenvalue weighted by Crippen LogP contribution is 2.30. The maximum Gasteiger partial charge on any atom is 0.416 e. The molecule has 122 valence electrons. The van der Waals surface area contributed by atoms with Gasteiger partial charge < -0.3 is 16.4 Å². The van der Waals surface area contributed by atoms with Crippen molar-refractivity contribution < 1.29 is 22.8 Å². The molecule has 0 unspecified atom stereocenters. The van der Waals surface area contributed by atoms with Crippen LogP contribution in [0.25, 0.3) is 0 Å². The number of halogens is 3. The lowest BCUT2D eigenvalue weighted by atomic mass is 10.1. The second kappa shape index (κ2) is 7.26. The van der Waals surface area contributed by atoms with Gasteiger partial charge in [-0.15, -0.1) is 0 Å². The summed E-state index contributed by atoms with van der Waals surface area (Å²) in [6.07, 6.45) is -4.49. The molecule has 0 fully saturated rings. The number of amides is 2. The van der Waals surface area contributed by atoms with Crippen molar-refractivity contribution in [1.82, 2.24) is 5.32 Å². The van der Waals surface area contributed by atoms with E-state index in [0.29, 0.717) is 0 Å². The molecule has 0 aliphatic rings. The van der Waals surface area contributed by atoms with E-state index in [1.165, 1.54) is 12.1 Å². The van der Waals surface area contributed by atoms with Gasteiger partial charge >= 0.3 is 6.18 Å². The number of alkyl halides is 3. The van der Waals surface area contributed by atoms with Crippen molar-refractivity contribution in [3.05, 3.63) is 29.8 Å². The van der Waals surface area contributed by atoms with E-state index in [2.05, 4.69) is 10.6 Å². The van der Waals surface area contributed by atoms with Gasteiger partial charge in [-0.25, -0.2) is 0 Å². The average molecular weight is 317 g/mol. The van der Waals surface area contributed by atoms with Gasteiger partial charge in [-0.3, -0.25) is 9.59 Å². The summed E-state index contributed by atoms with van der Waals surface area (Å²) in [5.41, 5.74) is 4.74. The molecule has 5 nitrogen and oxygen atoms in total. The first kappa shape index (κ1) is 18.0. The van der Waals surface area contributed by atoms with Crippen LogP contribution >= 0.6 is 0 Å². The molecule has 0 aromatic heterocycles. The van der Waals surface area contributed by atoms with E-state index in [9.17, 15) is 22.8 Å². The highest BCUT2D eigenvalue weighted by atomic mass is 19.4. The Morgan fingerprint density at radius 1 is 1.27 bits per heavy atom. The molecule has 0 aliphatic carbocycles. The first-order chi connectivity index (χ1) is 10.1. The fourth-order valence-electron chi connectivity index (χ4n) is 1.57. The first-order valence-electron chi connectivity index (χ1n) is 6.61. The number of hydrogen-bond donors (Lipinski definition) is 3. The number of hydrogen-bond acceptors (Lipinski definition) is 3. The molecule has 0 heterocycles. The van der Waals surface area contributed by atoms with Crippen molar-refractivity contribution in [3.8, 4) is 0 Å². The van der Waals surface area contributed by atoms with Gasteiger partial charge in [0.15, 0.2) is 0 Å². The number of carbonyl (C=O) groups excluding carboxylic acids is 2. The van der Waals surface area contributed by atoms with Gasteiger partial charge in [-0.05, 0) is 24.1 Å². The van der Waals surface area contributed by atoms with Crippen LogP contribution in [-0.4, -0.2) is 24.4 Å². The van der Waals surface area contributed by atoms with Gasteiger partial charge in [-0.2, -0.15) is 13.2 Å². The van der Waals surface area contributed by atoms with Crippen molar-refractivity contribution in [1.29, 1.82) is 0 Å². The summed E-state index contributed by atoms with van der Waals surface area (Å²) in [7, 11) is 0. The standard InChI is InChI=1S/C14H18F3N3O2/c1-8(2)12(18)13(22)19-7-11(21)20-10-5-3-4-9(6-10)14(15,16)17/h3-6,8,12H,7,18H2,1-2H3,(H,19,22)(H,20,21)/t12-/m0/s1. The second-order valence-electron chi connectivity index (χ2n) is 5.11. The minimum atomic E-state index is -4.49. The average Bonchev–Trinajstić information content (AvgIpc) is 2.43. The van der Waals surface area contributed by atoms with E-state index in [4.69, 9.17) is 5.73 Å². The number of carbonyl (C=O) groups is 2. The first-order valence-corrected chi connectivity index (χ1v) is 6.61. The van der Waals surface area contributed by atoms with Crippen LogP contribution in [0.4, 0.5) is 18.9 Å². The maximum atomic E-state index is 12.5. The molecular weight excluding hydrogens is 299 g/mol. The Kier molecular flexibility index (Phi) is 5.92. The predicted molar refractivity (Wildman–Crippen MR) is 75.9 cm³/mol. The molecule has 8 heteroatoms. The predicted octanol–water partition coefficient (Wildman–Crippen LogP) is 1.74. The van der Waals surface area contributed by atoms with Crippen LogP contribution in [-0.2, 0) is 15.8 Å². The lowest BCUT2D eigenvalue weighted by Gasteiger charge is -2.15. The maximum absolute atomic E-state index is 12.5. The number of nitrogens with two attached hydrogens (primary N) is 1. The molecule has 1 atom stereocenters. The molecule has 0 radical (unpaired) electrons. The Morgan fingerprint density at radius 2 is 1.91 bits per heavy atom. The summed E-state index contributed by atoms with van der Waals surface area (Å²) in [5, 5.41) is 4.61. The van der Waals surface area contributed by atoms with Gasteiger partial charge in [0.2, 0.25) is 11.8 Å². The summed E-state index contributed by atoms with van der Waals surface area (Å²) in [4.78, 5) is 23.2. The highest BCUT2D eigenvalue weighted by Gasteiger charge is 2.30. The molecule has 1 aromatic carbocycles. The van der Waals surface area contributed by atoms with Gasteiger partial charge in [0.25, 0.3) is 0 Å². The summed E-state index contributed by atoms with van der Waals surface area (Å²) in [5.74, 6) is -1.22. The topological polar surface area (TPSA) is 84.2 Å². The van der Waals surface area contributed by atoms with Crippen LogP contribution < -0.4 is 16.4 Å².